The van der Waals surface area contributed by atoms with Crippen LogP contribution in [0.4, 0.5) is 0 Å². The van der Waals surface area contributed by atoms with Crippen LogP contribution < -0.4 is 15.4 Å². The van der Waals surface area contributed by atoms with Gasteiger partial charge in [0, 0.05) is 12.6 Å². The maximum Gasteiger partial charge on any atom is 0.239 e. The second kappa shape index (κ2) is 8.00. The Hall–Kier alpha value is -1.59. The number of aryl methyl sites for hydroxylation is 1. The fourth-order valence-corrected chi connectivity index (χ4v) is 2.32. The lowest BCUT2D eigenvalue weighted by molar-refractivity contribution is -0.126. The quantitative estimate of drug-likeness (QED) is 0.825. The summed E-state index contributed by atoms with van der Waals surface area (Å²) < 4.78 is 10.4. The van der Waals surface area contributed by atoms with E-state index in [0.717, 1.165) is 25.1 Å². The molecule has 2 atom stereocenters. The van der Waals surface area contributed by atoms with Gasteiger partial charge in [0.15, 0.2) is 0 Å². The van der Waals surface area contributed by atoms with Crippen molar-refractivity contribution < 1.29 is 14.3 Å². The Labute approximate surface area is 126 Å². The highest BCUT2D eigenvalue weighted by Crippen LogP contribution is 2.13. The maximum atomic E-state index is 12.0. The van der Waals surface area contributed by atoms with Gasteiger partial charge in [-0.25, -0.2) is 0 Å². The van der Waals surface area contributed by atoms with Crippen LogP contribution in [0.25, 0.3) is 0 Å². The van der Waals surface area contributed by atoms with E-state index in [1.807, 2.05) is 19.1 Å². The highest BCUT2D eigenvalue weighted by atomic mass is 16.5. The van der Waals surface area contributed by atoms with Gasteiger partial charge >= 0.3 is 0 Å². The molecule has 21 heavy (non-hydrogen) atoms. The molecule has 1 amide bonds. The Morgan fingerprint density at radius 1 is 1.48 bits per heavy atom. The molecule has 5 nitrogen and oxygen atoms in total. The second-order valence-corrected chi connectivity index (χ2v) is 5.38. The summed E-state index contributed by atoms with van der Waals surface area (Å²) >= 11 is 0. The summed E-state index contributed by atoms with van der Waals surface area (Å²) in [5.74, 6) is 0.889. The Morgan fingerprint density at radius 2 is 2.24 bits per heavy atom. The Balaban J connectivity index is 1.73. The Kier molecular flexibility index (Phi) is 6.02. The van der Waals surface area contributed by atoms with E-state index in [2.05, 4.69) is 22.8 Å². The van der Waals surface area contributed by atoms with E-state index in [1.54, 1.807) is 7.11 Å². The van der Waals surface area contributed by atoms with Crippen molar-refractivity contribution in [2.75, 3.05) is 26.9 Å². The number of hydrogen-bond donors (Lipinski definition) is 2. The van der Waals surface area contributed by atoms with Crippen LogP contribution in [0.2, 0.25) is 0 Å². The van der Waals surface area contributed by atoms with Crippen molar-refractivity contribution in [3.05, 3.63) is 29.8 Å². The van der Waals surface area contributed by atoms with Gasteiger partial charge in [0.1, 0.15) is 11.8 Å². The van der Waals surface area contributed by atoms with Crippen LogP contribution in [0.5, 0.6) is 5.75 Å². The van der Waals surface area contributed by atoms with E-state index in [0.29, 0.717) is 13.2 Å². The predicted octanol–water partition coefficient (Wildman–Crippen LogP) is 1.12. The first kappa shape index (κ1) is 15.8. The topological polar surface area (TPSA) is 59.6 Å². The molecule has 1 aromatic rings. The zero-order valence-electron chi connectivity index (χ0n) is 12.7. The van der Waals surface area contributed by atoms with Gasteiger partial charge in [-0.2, -0.15) is 0 Å². The fourth-order valence-electron chi connectivity index (χ4n) is 2.32. The van der Waals surface area contributed by atoms with Crippen LogP contribution in [-0.2, 0) is 16.0 Å². The van der Waals surface area contributed by atoms with Crippen molar-refractivity contribution in [2.24, 2.45) is 0 Å². The number of methoxy groups -OCH3 is 1. The molecule has 1 heterocycles. The molecule has 0 spiro atoms. The average molecular weight is 292 g/mol. The maximum absolute atomic E-state index is 12.0. The minimum absolute atomic E-state index is 0.0249. The molecule has 116 valence electrons. The average Bonchev–Trinajstić information content (AvgIpc) is 2.54. The molecule has 1 saturated heterocycles. The molecular weight excluding hydrogens is 268 g/mol. The number of hydrogen-bond acceptors (Lipinski definition) is 4. The summed E-state index contributed by atoms with van der Waals surface area (Å²) in [6.45, 7) is 3.90. The summed E-state index contributed by atoms with van der Waals surface area (Å²) in [4.78, 5) is 12.0. The minimum Gasteiger partial charge on any atom is -0.497 e. The number of nitrogens with one attached hydrogen (secondary N) is 2. The van der Waals surface area contributed by atoms with Gasteiger partial charge in [-0.1, -0.05) is 12.1 Å². The first-order valence-corrected chi connectivity index (χ1v) is 7.43. The van der Waals surface area contributed by atoms with Gasteiger partial charge < -0.3 is 20.1 Å². The predicted molar refractivity (Wildman–Crippen MR) is 81.5 cm³/mol. The molecule has 2 unspecified atom stereocenters. The SMILES string of the molecule is COc1ccc(CCC(C)NC(=O)C2COCCN2)cc1. The lowest BCUT2D eigenvalue weighted by Crippen LogP contribution is -2.52. The summed E-state index contributed by atoms with van der Waals surface area (Å²) in [5, 5.41) is 6.20. The van der Waals surface area contributed by atoms with Gasteiger partial charge in [-0.15, -0.1) is 0 Å². The van der Waals surface area contributed by atoms with Gasteiger partial charge in [0.2, 0.25) is 5.91 Å². The third-order valence-electron chi connectivity index (χ3n) is 3.65. The van der Waals surface area contributed by atoms with Crippen LogP contribution in [0.3, 0.4) is 0 Å². The first-order valence-electron chi connectivity index (χ1n) is 7.43. The Bertz CT molecular complexity index is 441. The van der Waals surface area contributed by atoms with E-state index < -0.39 is 0 Å². The highest BCUT2D eigenvalue weighted by molar-refractivity contribution is 5.82. The van der Waals surface area contributed by atoms with Crippen molar-refractivity contribution in [3.8, 4) is 5.75 Å². The number of carbonyl (C=O) groups is 1. The van der Waals surface area contributed by atoms with Crippen molar-refractivity contribution >= 4 is 5.91 Å². The van der Waals surface area contributed by atoms with Gasteiger partial charge in [-0.05, 0) is 37.5 Å². The molecule has 1 fully saturated rings. The van der Waals surface area contributed by atoms with E-state index in [9.17, 15) is 4.79 Å². The molecule has 0 aromatic heterocycles. The molecule has 0 saturated carbocycles. The molecular formula is C16H24N2O3. The number of morpholine rings is 1. The molecule has 5 heteroatoms. The summed E-state index contributed by atoms with van der Waals surface area (Å²) in [7, 11) is 1.66. The molecule has 0 radical (unpaired) electrons. The molecule has 1 aliphatic rings. The first-order chi connectivity index (χ1) is 10.2. The van der Waals surface area contributed by atoms with Gasteiger partial charge in [0.05, 0.1) is 20.3 Å². The minimum atomic E-state index is -0.220. The second-order valence-electron chi connectivity index (χ2n) is 5.38. The van der Waals surface area contributed by atoms with Crippen LogP contribution >= 0.6 is 0 Å². The van der Waals surface area contributed by atoms with Crippen LogP contribution in [0.1, 0.15) is 18.9 Å². The van der Waals surface area contributed by atoms with Gasteiger partial charge in [0.25, 0.3) is 0 Å². The van der Waals surface area contributed by atoms with Crippen LogP contribution in [0, 0.1) is 0 Å². The third kappa shape index (κ3) is 5.02. The monoisotopic (exact) mass is 292 g/mol. The molecule has 1 aliphatic heterocycles. The van der Waals surface area contributed by atoms with E-state index in [4.69, 9.17) is 9.47 Å². The van der Waals surface area contributed by atoms with Crippen molar-refractivity contribution in [3.63, 3.8) is 0 Å². The largest absolute Gasteiger partial charge is 0.497 e. The summed E-state index contributed by atoms with van der Waals surface area (Å²) in [6.07, 6.45) is 1.84. The molecule has 1 aromatic carbocycles. The molecule has 2 N–H and O–H groups in total. The summed E-state index contributed by atoms with van der Waals surface area (Å²) in [6, 6.07) is 7.96. The lowest BCUT2D eigenvalue weighted by Gasteiger charge is -2.24. The van der Waals surface area contributed by atoms with Gasteiger partial charge in [-0.3, -0.25) is 4.79 Å². The number of benzene rings is 1. The molecule has 2 rings (SSSR count). The van der Waals surface area contributed by atoms with Crippen LogP contribution in [0.15, 0.2) is 24.3 Å². The fraction of sp³-hybridized carbons (Fsp3) is 0.562. The molecule has 0 bridgehead atoms. The Morgan fingerprint density at radius 3 is 2.86 bits per heavy atom. The zero-order valence-corrected chi connectivity index (χ0v) is 12.7. The van der Waals surface area contributed by atoms with Crippen molar-refractivity contribution in [1.82, 2.24) is 10.6 Å². The van der Waals surface area contributed by atoms with E-state index in [1.165, 1.54) is 5.56 Å². The van der Waals surface area contributed by atoms with E-state index >= 15 is 0 Å². The smallest absolute Gasteiger partial charge is 0.239 e. The zero-order chi connectivity index (χ0) is 15.1. The number of carbonyl (C=O) groups excluding carboxylic acids is 1. The third-order valence-corrected chi connectivity index (χ3v) is 3.65. The number of amides is 1. The number of rotatable bonds is 6. The standard InChI is InChI=1S/C16H24N2O3/c1-12(18-16(19)15-11-21-10-9-17-15)3-4-13-5-7-14(20-2)8-6-13/h5-8,12,15,17H,3-4,9-11H2,1-2H3,(H,18,19). The van der Waals surface area contributed by atoms with Crippen LogP contribution in [-0.4, -0.2) is 44.9 Å². The summed E-state index contributed by atoms with van der Waals surface area (Å²) in [5.41, 5.74) is 1.25. The van der Waals surface area contributed by atoms with Crippen molar-refractivity contribution in [1.29, 1.82) is 0 Å². The highest BCUT2D eigenvalue weighted by Gasteiger charge is 2.22. The normalized spacial score (nSPS) is 19.8. The number of ether oxygens (including phenoxy) is 2. The lowest BCUT2D eigenvalue weighted by atomic mass is 10.1. The van der Waals surface area contributed by atoms with Crippen molar-refractivity contribution in [2.45, 2.75) is 31.8 Å². The van der Waals surface area contributed by atoms with E-state index in [-0.39, 0.29) is 18.0 Å². The molecule has 0 aliphatic carbocycles.